The smallest absolute Gasteiger partial charge is 0.419 e. The highest BCUT2D eigenvalue weighted by Gasteiger charge is 2.38. The average Bonchev–Trinajstić information content (AvgIpc) is 3.24. The van der Waals surface area contributed by atoms with Crippen molar-refractivity contribution in [2.45, 2.75) is 77.4 Å². The van der Waals surface area contributed by atoms with Crippen molar-refractivity contribution in [3.8, 4) is 0 Å². The molecule has 6 aromatic rings. The molecule has 0 aliphatic rings. The Hall–Kier alpha value is -5.90. The summed E-state index contributed by atoms with van der Waals surface area (Å²) in [6.07, 6.45) is -2.73. The summed E-state index contributed by atoms with van der Waals surface area (Å²) in [6, 6.07) is 49.0. The van der Waals surface area contributed by atoms with Gasteiger partial charge >= 0.3 is 11.9 Å². The van der Waals surface area contributed by atoms with E-state index in [0.29, 0.717) is 0 Å². The number of hydrogen-bond donors (Lipinski definition) is 2. The maximum absolute atomic E-state index is 14.0. The van der Waals surface area contributed by atoms with Gasteiger partial charge in [-0.3, -0.25) is 0 Å². The fraction of sp³-hybridized carbons (Fsp3) is 0.240. The van der Waals surface area contributed by atoms with E-state index < -0.39 is 48.4 Å². The van der Waals surface area contributed by atoms with Crippen molar-refractivity contribution >= 4 is 11.9 Å². The molecule has 0 bridgehead atoms. The molecule has 0 aromatic heterocycles. The van der Waals surface area contributed by atoms with E-state index in [4.69, 9.17) is 30.4 Å². The standard InChI is InChI=1S/C50H52N2O6/c1-33-25-27-35(3)41(29-33)31-55-49(45(51)43(37-17-9-5-10-18-37)38-19-11-6-12-20-38)57-47(53)48(54)58-50(56-32-42-30-34(2)26-28-36(42)4)46(52)44(39-21-13-7-14-22-39)40-23-15-8-16-24-40/h5-30,43-46,49-50H,31-32,51-52H2,1-4H3. The van der Waals surface area contributed by atoms with Crippen LogP contribution in [0.15, 0.2) is 158 Å². The van der Waals surface area contributed by atoms with Crippen LogP contribution in [0.3, 0.4) is 0 Å². The molecule has 0 amide bonds. The molecule has 0 radical (unpaired) electrons. The molecule has 0 saturated heterocycles. The van der Waals surface area contributed by atoms with Crippen LogP contribution < -0.4 is 11.5 Å². The third kappa shape index (κ3) is 10.7. The van der Waals surface area contributed by atoms with Crippen molar-refractivity contribution in [3.63, 3.8) is 0 Å². The van der Waals surface area contributed by atoms with E-state index >= 15 is 0 Å². The summed E-state index contributed by atoms with van der Waals surface area (Å²) in [5.41, 5.74) is 23.6. The van der Waals surface area contributed by atoms with E-state index in [1.165, 1.54) is 0 Å². The maximum atomic E-state index is 14.0. The SMILES string of the molecule is Cc1ccc(C)c(COC(OC(=O)C(=O)OC(OCc2cc(C)ccc2C)C(N)C(c2ccccc2)c2ccccc2)C(N)C(c2ccccc2)c2ccccc2)c1. The summed E-state index contributed by atoms with van der Waals surface area (Å²) in [6.45, 7) is 8.10. The number of benzene rings is 6. The molecule has 0 aliphatic heterocycles. The first kappa shape index (κ1) is 41.7. The summed E-state index contributed by atoms with van der Waals surface area (Å²) in [5.74, 6) is -3.50. The van der Waals surface area contributed by atoms with Crippen molar-refractivity contribution < 1.29 is 28.5 Å². The van der Waals surface area contributed by atoms with Crippen LogP contribution in [0.4, 0.5) is 0 Å². The third-order valence-electron chi connectivity index (χ3n) is 10.5. The summed E-state index contributed by atoms with van der Waals surface area (Å²) >= 11 is 0. The molecule has 4 unspecified atom stereocenters. The van der Waals surface area contributed by atoms with Crippen molar-refractivity contribution in [3.05, 3.63) is 213 Å². The molecule has 0 spiro atoms. The Morgan fingerprint density at radius 2 is 0.741 bits per heavy atom. The third-order valence-corrected chi connectivity index (χ3v) is 10.5. The van der Waals surface area contributed by atoms with E-state index in [2.05, 4.69) is 0 Å². The number of hydrogen-bond acceptors (Lipinski definition) is 8. The second kappa shape index (κ2) is 20.0. The monoisotopic (exact) mass is 776 g/mol. The highest BCUT2D eigenvalue weighted by molar-refractivity contribution is 6.29. The van der Waals surface area contributed by atoms with Gasteiger partial charge in [0.2, 0.25) is 12.6 Å². The average molecular weight is 777 g/mol. The van der Waals surface area contributed by atoms with Gasteiger partial charge in [-0.05, 0) is 72.2 Å². The molecule has 0 aliphatic carbocycles. The fourth-order valence-electron chi connectivity index (χ4n) is 7.24. The van der Waals surface area contributed by atoms with E-state index in [0.717, 1.165) is 55.6 Å². The highest BCUT2D eigenvalue weighted by Crippen LogP contribution is 2.32. The Kier molecular flexibility index (Phi) is 14.4. The van der Waals surface area contributed by atoms with Crippen molar-refractivity contribution in [1.29, 1.82) is 0 Å². The van der Waals surface area contributed by atoms with Gasteiger partial charge in [-0.2, -0.15) is 0 Å². The highest BCUT2D eigenvalue weighted by atomic mass is 16.7. The van der Waals surface area contributed by atoms with Crippen LogP contribution in [0.1, 0.15) is 67.5 Å². The first-order valence-electron chi connectivity index (χ1n) is 19.6. The van der Waals surface area contributed by atoms with E-state index in [1.807, 2.05) is 185 Å². The Morgan fingerprint density at radius 1 is 0.448 bits per heavy atom. The molecule has 4 N–H and O–H groups in total. The lowest BCUT2D eigenvalue weighted by Crippen LogP contribution is -2.48. The molecule has 4 atom stereocenters. The second-order valence-corrected chi connectivity index (χ2v) is 14.8. The predicted molar refractivity (Wildman–Crippen MR) is 227 cm³/mol. The Morgan fingerprint density at radius 3 is 1.03 bits per heavy atom. The number of aryl methyl sites for hydroxylation is 4. The zero-order valence-electron chi connectivity index (χ0n) is 33.5. The number of ether oxygens (including phenoxy) is 4. The molecule has 6 aromatic carbocycles. The number of carbonyl (C=O) groups is 2. The molecule has 8 heteroatoms. The van der Waals surface area contributed by atoms with Gasteiger partial charge in [-0.15, -0.1) is 0 Å². The zero-order chi connectivity index (χ0) is 41.0. The van der Waals surface area contributed by atoms with Gasteiger partial charge in [-0.1, -0.05) is 169 Å². The van der Waals surface area contributed by atoms with Crippen LogP contribution in [0, 0.1) is 27.7 Å². The lowest BCUT2D eigenvalue weighted by atomic mass is 9.85. The van der Waals surface area contributed by atoms with E-state index in [-0.39, 0.29) is 13.2 Å². The molecule has 0 fully saturated rings. The molecule has 298 valence electrons. The molecule has 8 nitrogen and oxygen atoms in total. The largest absolute Gasteiger partial charge is 0.426 e. The molecule has 0 saturated carbocycles. The summed E-state index contributed by atoms with van der Waals surface area (Å²) < 4.78 is 24.6. The van der Waals surface area contributed by atoms with Gasteiger partial charge in [0.25, 0.3) is 0 Å². The lowest BCUT2D eigenvalue weighted by Gasteiger charge is -2.32. The van der Waals surface area contributed by atoms with E-state index in [1.54, 1.807) is 0 Å². The van der Waals surface area contributed by atoms with Gasteiger partial charge in [0.15, 0.2) is 0 Å². The minimum absolute atomic E-state index is 0.0762. The predicted octanol–water partition coefficient (Wildman–Crippen LogP) is 8.71. The maximum Gasteiger partial charge on any atom is 0.419 e. The Balaban J connectivity index is 1.31. The number of rotatable bonds is 16. The Bertz CT molecular complexity index is 1990. The zero-order valence-corrected chi connectivity index (χ0v) is 33.5. The van der Waals surface area contributed by atoms with Gasteiger partial charge in [0.1, 0.15) is 0 Å². The Labute approximate surface area is 341 Å². The minimum Gasteiger partial charge on any atom is -0.426 e. The van der Waals surface area contributed by atoms with Gasteiger partial charge < -0.3 is 30.4 Å². The van der Waals surface area contributed by atoms with Crippen LogP contribution in [-0.2, 0) is 41.8 Å². The quantitative estimate of drug-likeness (QED) is 0.0569. The van der Waals surface area contributed by atoms with E-state index in [9.17, 15) is 9.59 Å². The summed E-state index contributed by atoms with van der Waals surface area (Å²) in [4.78, 5) is 28.0. The second-order valence-electron chi connectivity index (χ2n) is 14.8. The number of esters is 2. The minimum atomic E-state index is -1.37. The van der Waals surface area contributed by atoms with Crippen LogP contribution in [0.25, 0.3) is 0 Å². The normalized spacial score (nSPS) is 13.4. The first-order valence-corrected chi connectivity index (χ1v) is 19.6. The fourth-order valence-corrected chi connectivity index (χ4v) is 7.24. The summed E-state index contributed by atoms with van der Waals surface area (Å²) in [7, 11) is 0. The van der Waals surface area contributed by atoms with Crippen LogP contribution in [0.5, 0.6) is 0 Å². The van der Waals surface area contributed by atoms with Crippen LogP contribution >= 0.6 is 0 Å². The first-order chi connectivity index (χ1) is 28.1. The van der Waals surface area contributed by atoms with Gasteiger partial charge in [0, 0.05) is 11.8 Å². The number of nitrogens with two attached hydrogens (primary N) is 2. The van der Waals surface area contributed by atoms with Crippen molar-refractivity contribution in [1.82, 2.24) is 0 Å². The van der Waals surface area contributed by atoms with Gasteiger partial charge in [0.05, 0.1) is 25.3 Å². The van der Waals surface area contributed by atoms with Crippen LogP contribution in [-0.4, -0.2) is 36.6 Å². The number of carbonyl (C=O) groups excluding carboxylic acids is 2. The van der Waals surface area contributed by atoms with Crippen molar-refractivity contribution in [2.24, 2.45) is 11.5 Å². The van der Waals surface area contributed by atoms with Crippen LogP contribution in [0.2, 0.25) is 0 Å². The topological polar surface area (TPSA) is 123 Å². The lowest BCUT2D eigenvalue weighted by molar-refractivity contribution is -0.211. The molecular weight excluding hydrogens is 725 g/mol. The van der Waals surface area contributed by atoms with Gasteiger partial charge in [-0.25, -0.2) is 9.59 Å². The molecule has 0 heterocycles. The molecule has 6 rings (SSSR count). The molecule has 58 heavy (non-hydrogen) atoms. The molecular formula is C50H52N2O6. The summed E-state index contributed by atoms with van der Waals surface area (Å²) in [5, 5.41) is 0. The van der Waals surface area contributed by atoms with Crippen molar-refractivity contribution in [2.75, 3.05) is 0 Å².